The maximum atomic E-state index is 13.2. The van der Waals surface area contributed by atoms with E-state index in [1.54, 1.807) is 73.1 Å². The van der Waals surface area contributed by atoms with Gasteiger partial charge in [-0.2, -0.15) is 0 Å². The topological polar surface area (TPSA) is 100 Å². The first-order valence-corrected chi connectivity index (χ1v) is 13.2. The van der Waals surface area contributed by atoms with Crippen molar-refractivity contribution >= 4 is 46.9 Å². The van der Waals surface area contributed by atoms with Crippen LogP contribution in [0.4, 0.5) is 11.4 Å². The number of carbonyl (C=O) groups is 3. The van der Waals surface area contributed by atoms with Crippen molar-refractivity contribution in [3.8, 4) is 0 Å². The highest BCUT2D eigenvalue weighted by molar-refractivity contribution is 8.00. The zero-order valence-corrected chi connectivity index (χ0v) is 22.4. The molecule has 0 saturated carbocycles. The quantitative estimate of drug-likeness (QED) is 0.184. The highest BCUT2D eigenvalue weighted by Gasteiger charge is 2.15. The maximum Gasteiger partial charge on any atom is 0.272 e. The molecule has 0 unspecified atom stereocenters. The Bertz CT molecular complexity index is 1480. The van der Waals surface area contributed by atoms with Crippen LogP contribution in [0, 0.1) is 13.8 Å². The molecule has 4 rings (SSSR count). The molecule has 8 heteroatoms. The molecule has 196 valence electrons. The van der Waals surface area contributed by atoms with Crippen molar-refractivity contribution in [1.82, 2.24) is 10.3 Å². The maximum absolute atomic E-state index is 13.2. The summed E-state index contributed by atoms with van der Waals surface area (Å²) in [6.45, 7) is 3.98. The molecule has 0 saturated heterocycles. The van der Waals surface area contributed by atoms with Gasteiger partial charge in [0.1, 0.15) is 5.70 Å². The standard InChI is InChI=1S/C31H28N4O3S/c1-21-14-22(2)16-26(15-21)33-29(36)20-39-27-12-6-11-25(18-27)34-31(38)28(17-23-8-7-13-32-19-23)35-30(37)24-9-4-3-5-10-24/h3-19H,20H2,1-2H3,(H,33,36)(H,34,38)(H,35,37)/b28-17-. The number of amides is 3. The Morgan fingerprint density at radius 1 is 0.821 bits per heavy atom. The number of anilines is 2. The molecule has 3 N–H and O–H groups in total. The van der Waals surface area contributed by atoms with Crippen LogP contribution in [-0.2, 0) is 9.59 Å². The van der Waals surface area contributed by atoms with E-state index in [1.807, 2.05) is 38.1 Å². The van der Waals surface area contributed by atoms with Crippen molar-refractivity contribution in [2.75, 3.05) is 16.4 Å². The molecular weight excluding hydrogens is 508 g/mol. The Kier molecular flexibility index (Phi) is 9.26. The Hall–Kier alpha value is -4.69. The second-order valence-electron chi connectivity index (χ2n) is 8.86. The van der Waals surface area contributed by atoms with Gasteiger partial charge in [-0.3, -0.25) is 19.4 Å². The zero-order valence-electron chi connectivity index (χ0n) is 21.6. The largest absolute Gasteiger partial charge is 0.325 e. The monoisotopic (exact) mass is 536 g/mol. The summed E-state index contributed by atoms with van der Waals surface area (Å²) in [7, 11) is 0. The predicted octanol–water partition coefficient (Wildman–Crippen LogP) is 5.84. The summed E-state index contributed by atoms with van der Waals surface area (Å²) >= 11 is 1.36. The summed E-state index contributed by atoms with van der Waals surface area (Å²) in [5.74, 6) is -0.799. The van der Waals surface area contributed by atoms with Gasteiger partial charge in [0.15, 0.2) is 0 Å². The fourth-order valence-corrected chi connectivity index (χ4v) is 4.58. The molecule has 4 aromatic rings. The Morgan fingerprint density at radius 3 is 2.31 bits per heavy atom. The molecule has 0 fully saturated rings. The van der Waals surface area contributed by atoms with Crippen molar-refractivity contribution in [2.24, 2.45) is 0 Å². The molecule has 0 spiro atoms. The molecule has 0 aliphatic carbocycles. The first-order chi connectivity index (χ1) is 18.9. The van der Waals surface area contributed by atoms with Gasteiger partial charge in [-0.1, -0.05) is 36.4 Å². The third kappa shape index (κ3) is 8.41. The van der Waals surface area contributed by atoms with E-state index < -0.39 is 11.8 Å². The minimum atomic E-state index is -0.488. The van der Waals surface area contributed by atoms with Crippen LogP contribution in [-0.4, -0.2) is 28.5 Å². The van der Waals surface area contributed by atoms with Gasteiger partial charge in [0.25, 0.3) is 11.8 Å². The number of aromatic nitrogens is 1. The fourth-order valence-electron chi connectivity index (χ4n) is 3.83. The molecule has 0 atom stereocenters. The molecule has 0 bridgehead atoms. The van der Waals surface area contributed by atoms with Crippen molar-refractivity contribution in [2.45, 2.75) is 18.7 Å². The van der Waals surface area contributed by atoms with E-state index >= 15 is 0 Å². The third-order valence-corrected chi connectivity index (χ3v) is 6.49. The average Bonchev–Trinajstić information content (AvgIpc) is 2.92. The lowest BCUT2D eigenvalue weighted by molar-refractivity contribution is -0.114. The number of hydrogen-bond donors (Lipinski definition) is 3. The predicted molar refractivity (Wildman–Crippen MR) is 156 cm³/mol. The van der Waals surface area contributed by atoms with Gasteiger partial charge in [-0.05, 0) is 85.1 Å². The van der Waals surface area contributed by atoms with Gasteiger partial charge in [-0.15, -0.1) is 11.8 Å². The van der Waals surface area contributed by atoms with Crippen molar-refractivity contribution in [1.29, 1.82) is 0 Å². The molecule has 7 nitrogen and oxygen atoms in total. The second-order valence-corrected chi connectivity index (χ2v) is 9.91. The lowest BCUT2D eigenvalue weighted by Gasteiger charge is -2.12. The van der Waals surface area contributed by atoms with Crippen molar-refractivity contribution in [3.63, 3.8) is 0 Å². The van der Waals surface area contributed by atoms with E-state index in [2.05, 4.69) is 27.0 Å². The lowest BCUT2D eigenvalue weighted by atomic mass is 10.1. The van der Waals surface area contributed by atoms with E-state index in [0.29, 0.717) is 16.8 Å². The number of aryl methyl sites for hydroxylation is 2. The highest BCUT2D eigenvalue weighted by Crippen LogP contribution is 2.23. The number of benzene rings is 3. The number of rotatable bonds is 9. The summed E-state index contributed by atoms with van der Waals surface area (Å²) < 4.78 is 0. The summed E-state index contributed by atoms with van der Waals surface area (Å²) in [5.41, 5.74) is 4.63. The molecule has 1 aromatic heterocycles. The van der Waals surface area contributed by atoms with Gasteiger partial charge >= 0.3 is 0 Å². The van der Waals surface area contributed by atoms with E-state index in [-0.39, 0.29) is 17.4 Å². The van der Waals surface area contributed by atoms with Crippen molar-refractivity contribution in [3.05, 3.63) is 125 Å². The summed E-state index contributed by atoms with van der Waals surface area (Å²) in [5, 5.41) is 8.48. The van der Waals surface area contributed by atoms with E-state index in [4.69, 9.17) is 0 Å². The van der Waals surface area contributed by atoms with E-state index in [1.165, 1.54) is 11.8 Å². The number of nitrogens with zero attached hydrogens (tertiary/aromatic N) is 1. The number of carbonyl (C=O) groups excluding carboxylic acids is 3. The van der Waals surface area contributed by atoms with Crippen LogP contribution in [0.1, 0.15) is 27.0 Å². The minimum Gasteiger partial charge on any atom is -0.325 e. The molecule has 3 aromatic carbocycles. The second kappa shape index (κ2) is 13.2. The summed E-state index contributed by atoms with van der Waals surface area (Å²) in [6.07, 6.45) is 4.80. The first kappa shape index (κ1) is 27.3. The van der Waals surface area contributed by atoms with Crippen molar-refractivity contribution < 1.29 is 14.4 Å². The van der Waals surface area contributed by atoms with Gasteiger partial charge < -0.3 is 16.0 Å². The average molecular weight is 537 g/mol. The SMILES string of the molecule is Cc1cc(C)cc(NC(=O)CSc2cccc(NC(=O)/C(=C/c3cccnc3)NC(=O)c3ccccc3)c2)c1. The number of thioether (sulfide) groups is 1. The van der Waals surface area contributed by atoms with Crippen LogP contribution in [0.15, 0.2) is 108 Å². The summed E-state index contributed by atoms with van der Waals surface area (Å²) in [6, 6.07) is 25.3. The van der Waals surface area contributed by atoms with Gasteiger partial charge in [0.05, 0.1) is 5.75 Å². The van der Waals surface area contributed by atoms with Crippen LogP contribution >= 0.6 is 11.8 Å². The van der Waals surface area contributed by atoms with Gasteiger partial charge in [0.2, 0.25) is 5.91 Å². The molecule has 0 aliphatic heterocycles. The van der Waals surface area contributed by atoms with Crippen LogP contribution in [0.25, 0.3) is 6.08 Å². The van der Waals surface area contributed by atoms with E-state index in [0.717, 1.165) is 21.7 Å². The smallest absolute Gasteiger partial charge is 0.272 e. The Morgan fingerprint density at radius 2 is 1.59 bits per heavy atom. The first-order valence-electron chi connectivity index (χ1n) is 12.3. The van der Waals surface area contributed by atoms with Gasteiger partial charge in [0, 0.05) is 34.2 Å². The Balaban J connectivity index is 1.43. The lowest BCUT2D eigenvalue weighted by Crippen LogP contribution is -2.30. The van der Waals surface area contributed by atoms with Crippen LogP contribution in [0.2, 0.25) is 0 Å². The number of pyridine rings is 1. The zero-order chi connectivity index (χ0) is 27.6. The number of hydrogen-bond acceptors (Lipinski definition) is 5. The molecule has 39 heavy (non-hydrogen) atoms. The molecule has 0 radical (unpaired) electrons. The summed E-state index contributed by atoms with van der Waals surface area (Å²) in [4.78, 5) is 43.4. The Labute approximate surface area is 231 Å². The normalized spacial score (nSPS) is 11.0. The molecule has 1 heterocycles. The van der Waals surface area contributed by atoms with Crippen LogP contribution in [0.3, 0.4) is 0 Å². The van der Waals surface area contributed by atoms with Gasteiger partial charge in [-0.25, -0.2) is 0 Å². The fraction of sp³-hybridized carbons (Fsp3) is 0.0968. The number of nitrogens with one attached hydrogen (secondary N) is 3. The van der Waals surface area contributed by atoms with Crippen LogP contribution in [0.5, 0.6) is 0 Å². The third-order valence-electron chi connectivity index (χ3n) is 5.49. The molecular formula is C31H28N4O3S. The molecule has 3 amide bonds. The molecule has 0 aliphatic rings. The van der Waals surface area contributed by atoms with Crippen LogP contribution < -0.4 is 16.0 Å². The minimum absolute atomic E-state index is 0.0720. The van der Waals surface area contributed by atoms with E-state index in [9.17, 15) is 14.4 Å². The highest BCUT2D eigenvalue weighted by atomic mass is 32.2.